The van der Waals surface area contributed by atoms with Crippen LogP contribution in [0.5, 0.6) is 0 Å². The van der Waals surface area contributed by atoms with Crippen molar-refractivity contribution >= 4 is 23.2 Å². The summed E-state index contributed by atoms with van der Waals surface area (Å²) >= 11 is 1.50. The summed E-state index contributed by atoms with van der Waals surface area (Å²) < 4.78 is 5.55. The number of carbonyl (C=O) groups is 2. The Morgan fingerprint density at radius 2 is 2.12 bits per heavy atom. The molecule has 2 saturated heterocycles. The lowest BCUT2D eigenvalue weighted by Gasteiger charge is -2.37. The number of ether oxygens (including phenoxy) is 1. The molecule has 0 unspecified atom stereocenters. The van der Waals surface area contributed by atoms with Gasteiger partial charge in [-0.3, -0.25) is 9.59 Å². The van der Waals surface area contributed by atoms with Gasteiger partial charge >= 0.3 is 0 Å². The van der Waals surface area contributed by atoms with Crippen LogP contribution in [-0.2, 0) is 9.53 Å². The van der Waals surface area contributed by atoms with Gasteiger partial charge in [0.05, 0.1) is 10.8 Å². The third-order valence-corrected chi connectivity index (χ3v) is 7.06. The number of hydrogen-bond donors (Lipinski definition) is 1. The molecule has 1 atom stereocenters. The number of nitrogens with zero attached hydrogens (tertiary/aromatic N) is 1. The molecule has 1 aromatic rings. The highest BCUT2D eigenvalue weighted by Crippen LogP contribution is 2.45. The predicted octanol–water partition coefficient (Wildman–Crippen LogP) is 2.45. The van der Waals surface area contributed by atoms with E-state index < -0.39 is 0 Å². The van der Waals surface area contributed by atoms with Gasteiger partial charge in [-0.15, -0.1) is 11.3 Å². The summed E-state index contributed by atoms with van der Waals surface area (Å²) in [6.07, 6.45) is 4.18. The highest BCUT2D eigenvalue weighted by Gasteiger charge is 2.52. The molecule has 1 aromatic heterocycles. The first-order chi connectivity index (χ1) is 12.1. The molecular formula is C19H26N2O3S. The SMILES string of the molecule is Cc1ccsc1C(=O)N1C[C@H](C(=O)NCC2CC2)C2(CCOCC2)C1. The minimum atomic E-state index is -0.118. The number of thiophene rings is 1. The number of carbonyl (C=O) groups excluding carboxylic acids is 2. The van der Waals surface area contributed by atoms with Crippen LogP contribution in [0.2, 0.25) is 0 Å². The molecular weight excluding hydrogens is 336 g/mol. The van der Waals surface area contributed by atoms with Gasteiger partial charge in [-0.05, 0) is 55.5 Å². The van der Waals surface area contributed by atoms with Crippen LogP contribution in [0, 0.1) is 24.2 Å². The molecule has 3 heterocycles. The normalized spacial score (nSPS) is 25.3. The zero-order valence-corrected chi connectivity index (χ0v) is 15.6. The lowest BCUT2D eigenvalue weighted by atomic mass is 9.71. The van der Waals surface area contributed by atoms with Crippen molar-refractivity contribution in [2.45, 2.75) is 32.6 Å². The quantitative estimate of drug-likeness (QED) is 0.895. The van der Waals surface area contributed by atoms with Gasteiger partial charge in [0.1, 0.15) is 0 Å². The van der Waals surface area contributed by atoms with Gasteiger partial charge in [0.15, 0.2) is 0 Å². The fourth-order valence-corrected chi connectivity index (χ4v) is 5.09. The lowest BCUT2D eigenvalue weighted by Crippen LogP contribution is -2.44. The van der Waals surface area contributed by atoms with Gasteiger partial charge in [-0.2, -0.15) is 0 Å². The fraction of sp³-hybridized carbons (Fsp3) is 0.684. The van der Waals surface area contributed by atoms with Crippen LogP contribution in [0.1, 0.15) is 40.9 Å². The van der Waals surface area contributed by atoms with E-state index in [1.54, 1.807) is 0 Å². The number of nitrogens with one attached hydrogen (secondary N) is 1. The summed E-state index contributed by atoms with van der Waals surface area (Å²) in [4.78, 5) is 28.6. The van der Waals surface area contributed by atoms with Gasteiger partial charge < -0.3 is 15.0 Å². The molecule has 1 N–H and O–H groups in total. The Morgan fingerprint density at radius 1 is 1.36 bits per heavy atom. The minimum Gasteiger partial charge on any atom is -0.381 e. The Bertz CT molecular complexity index is 661. The van der Waals surface area contributed by atoms with Gasteiger partial charge in [0, 0.05) is 38.3 Å². The molecule has 0 bridgehead atoms. The van der Waals surface area contributed by atoms with Crippen molar-refractivity contribution in [3.63, 3.8) is 0 Å². The van der Waals surface area contributed by atoms with E-state index in [0.29, 0.717) is 32.2 Å². The van der Waals surface area contributed by atoms with Crippen LogP contribution in [0.15, 0.2) is 11.4 Å². The molecule has 4 rings (SSSR count). The smallest absolute Gasteiger partial charge is 0.264 e. The molecule has 2 aliphatic heterocycles. The molecule has 3 fully saturated rings. The number of hydrogen-bond acceptors (Lipinski definition) is 4. The second-order valence-corrected chi connectivity index (χ2v) is 8.75. The van der Waals surface area contributed by atoms with E-state index in [1.165, 1.54) is 24.2 Å². The molecule has 1 spiro atoms. The Morgan fingerprint density at radius 3 is 2.76 bits per heavy atom. The molecule has 25 heavy (non-hydrogen) atoms. The van der Waals surface area contributed by atoms with Gasteiger partial charge in [-0.25, -0.2) is 0 Å². The second-order valence-electron chi connectivity index (χ2n) is 7.83. The van der Waals surface area contributed by atoms with Crippen molar-refractivity contribution in [2.75, 3.05) is 32.8 Å². The van der Waals surface area contributed by atoms with Gasteiger partial charge in [0.25, 0.3) is 5.91 Å². The fourth-order valence-electron chi connectivity index (χ4n) is 4.19. The molecule has 6 heteroatoms. The lowest BCUT2D eigenvalue weighted by molar-refractivity contribution is -0.129. The maximum absolute atomic E-state index is 13.0. The molecule has 0 radical (unpaired) electrons. The maximum Gasteiger partial charge on any atom is 0.264 e. The van der Waals surface area contributed by atoms with Crippen LogP contribution >= 0.6 is 11.3 Å². The van der Waals surface area contributed by atoms with Crippen molar-refractivity contribution in [3.05, 3.63) is 21.9 Å². The number of rotatable bonds is 4. The van der Waals surface area contributed by atoms with Crippen molar-refractivity contribution in [1.29, 1.82) is 0 Å². The average Bonchev–Trinajstić information content (AvgIpc) is 3.25. The highest BCUT2D eigenvalue weighted by molar-refractivity contribution is 7.12. The largest absolute Gasteiger partial charge is 0.381 e. The zero-order valence-electron chi connectivity index (χ0n) is 14.8. The highest BCUT2D eigenvalue weighted by atomic mass is 32.1. The van der Waals surface area contributed by atoms with Crippen molar-refractivity contribution in [1.82, 2.24) is 10.2 Å². The first-order valence-electron chi connectivity index (χ1n) is 9.28. The van der Waals surface area contributed by atoms with Crippen molar-refractivity contribution in [3.8, 4) is 0 Å². The monoisotopic (exact) mass is 362 g/mol. The molecule has 136 valence electrons. The van der Waals surface area contributed by atoms with Crippen LogP contribution in [-0.4, -0.2) is 49.6 Å². The minimum absolute atomic E-state index is 0.0795. The summed E-state index contributed by atoms with van der Waals surface area (Å²) in [5, 5.41) is 5.11. The topological polar surface area (TPSA) is 58.6 Å². The van der Waals surface area contributed by atoms with Crippen molar-refractivity contribution in [2.24, 2.45) is 17.3 Å². The maximum atomic E-state index is 13.0. The Labute approximate surface area is 152 Å². The molecule has 2 amide bonds. The number of aryl methyl sites for hydroxylation is 1. The van der Waals surface area contributed by atoms with Crippen LogP contribution in [0.4, 0.5) is 0 Å². The third kappa shape index (κ3) is 3.34. The summed E-state index contributed by atoms with van der Waals surface area (Å²) in [7, 11) is 0. The second kappa shape index (κ2) is 6.72. The predicted molar refractivity (Wildman–Crippen MR) is 96.7 cm³/mol. The Kier molecular flexibility index (Phi) is 4.58. The number of likely N-dealkylation sites (tertiary alicyclic amines) is 1. The van der Waals surface area contributed by atoms with E-state index in [4.69, 9.17) is 4.74 Å². The standard InChI is InChI=1S/C19H26N2O3S/c1-13-4-9-25-16(13)18(23)21-11-15(17(22)20-10-14-2-3-14)19(12-21)5-7-24-8-6-19/h4,9,14-15H,2-3,5-8,10-12H2,1H3,(H,20,22)/t15-/m1/s1. The summed E-state index contributed by atoms with van der Waals surface area (Å²) in [5.41, 5.74) is 0.907. The van der Waals surface area contributed by atoms with E-state index in [2.05, 4.69) is 5.32 Å². The van der Waals surface area contributed by atoms with Gasteiger partial charge in [-0.1, -0.05) is 0 Å². The molecule has 3 aliphatic rings. The van der Waals surface area contributed by atoms with Crippen LogP contribution < -0.4 is 5.32 Å². The van der Waals surface area contributed by atoms with Crippen LogP contribution in [0.3, 0.4) is 0 Å². The van der Waals surface area contributed by atoms with Crippen molar-refractivity contribution < 1.29 is 14.3 Å². The first kappa shape index (κ1) is 17.0. The Balaban J connectivity index is 1.52. The third-order valence-electron chi connectivity index (χ3n) is 6.06. The van der Waals surface area contributed by atoms with Crippen LogP contribution in [0.25, 0.3) is 0 Å². The van der Waals surface area contributed by atoms with E-state index in [1.807, 2.05) is 23.3 Å². The van der Waals surface area contributed by atoms with Gasteiger partial charge in [0.2, 0.25) is 5.91 Å². The Hall–Kier alpha value is -1.40. The van der Waals surface area contributed by atoms with E-state index in [-0.39, 0.29) is 23.1 Å². The molecule has 0 aromatic carbocycles. The molecule has 1 aliphatic carbocycles. The molecule has 1 saturated carbocycles. The summed E-state index contributed by atoms with van der Waals surface area (Å²) in [5.74, 6) is 0.768. The first-order valence-corrected chi connectivity index (χ1v) is 10.2. The summed E-state index contributed by atoms with van der Waals surface area (Å²) in [6, 6.07) is 1.98. The number of amides is 2. The summed E-state index contributed by atoms with van der Waals surface area (Å²) in [6.45, 7) is 5.35. The zero-order chi connectivity index (χ0) is 17.4. The average molecular weight is 362 g/mol. The molecule has 5 nitrogen and oxygen atoms in total. The van der Waals surface area contributed by atoms with E-state index >= 15 is 0 Å². The van der Waals surface area contributed by atoms with E-state index in [9.17, 15) is 9.59 Å². The van der Waals surface area contributed by atoms with E-state index in [0.717, 1.165) is 29.8 Å².